The molecule has 0 aliphatic rings. The molecule has 0 fully saturated rings. The number of aliphatic hydroxyl groups is 1. The number of aromatic nitrogens is 2. The zero-order valence-electron chi connectivity index (χ0n) is 12.4. The van der Waals surface area contributed by atoms with Crippen molar-refractivity contribution in [3.8, 4) is 0 Å². The lowest BCUT2D eigenvalue weighted by molar-refractivity contribution is -0.121. The first-order valence-corrected chi connectivity index (χ1v) is 6.89. The highest BCUT2D eigenvalue weighted by atomic mass is 16.3. The Balaban J connectivity index is 2.34. The molecule has 5 nitrogen and oxygen atoms in total. The number of nitrogens with one attached hydrogen (secondary N) is 1. The van der Waals surface area contributed by atoms with Gasteiger partial charge in [0.15, 0.2) is 0 Å². The van der Waals surface area contributed by atoms with E-state index >= 15 is 0 Å². The summed E-state index contributed by atoms with van der Waals surface area (Å²) in [6, 6.07) is 0. The number of carbonyl (C=O) groups is 1. The van der Waals surface area contributed by atoms with Crippen molar-refractivity contribution in [1.29, 1.82) is 0 Å². The number of carbonyl (C=O) groups excluding carboxylic acids is 1. The smallest absolute Gasteiger partial charge is 0.220 e. The molecule has 1 amide bonds. The van der Waals surface area contributed by atoms with Crippen LogP contribution in [0.15, 0.2) is 0 Å². The number of rotatable bonds is 7. The first kappa shape index (κ1) is 15.7. The zero-order chi connectivity index (χ0) is 14.4. The van der Waals surface area contributed by atoms with Gasteiger partial charge in [-0.2, -0.15) is 5.10 Å². The van der Waals surface area contributed by atoms with Crippen molar-refractivity contribution in [1.82, 2.24) is 15.1 Å². The molecule has 0 aliphatic heterocycles. The molecule has 1 unspecified atom stereocenters. The fourth-order valence-electron chi connectivity index (χ4n) is 2.09. The molecule has 1 rings (SSSR count). The number of amides is 1. The van der Waals surface area contributed by atoms with E-state index in [-0.39, 0.29) is 12.0 Å². The van der Waals surface area contributed by atoms with Crippen LogP contribution in [0.5, 0.6) is 0 Å². The Morgan fingerprint density at radius 3 is 2.68 bits per heavy atom. The number of aliphatic hydroxyl groups excluding tert-OH is 1. The molecule has 19 heavy (non-hydrogen) atoms. The van der Waals surface area contributed by atoms with E-state index in [1.165, 1.54) is 0 Å². The molecule has 0 bridgehead atoms. The third-order valence-electron chi connectivity index (χ3n) is 3.53. The monoisotopic (exact) mass is 267 g/mol. The van der Waals surface area contributed by atoms with E-state index in [2.05, 4.69) is 10.4 Å². The molecule has 0 saturated carbocycles. The van der Waals surface area contributed by atoms with Crippen LogP contribution in [0.1, 0.15) is 43.1 Å². The maximum absolute atomic E-state index is 11.7. The van der Waals surface area contributed by atoms with Gasteiger partial charge in [-0.25, -0.2) is 0 Å². The minimum Gasteiger partial charge on any atom is -0.393 e. The number of aryl methyl sites for hydroxylation is 2. The molecular weight excluding hydrogens is 242 g/mol. The number of hydrogen-bond acceptors (Lipinski definition) is 3. The van der Waals surface area contributed by atoms with E-state index in [0.29, 0.717) is 25.8 Å². The Hall–Kier alpha value is -1.36. The van der Waals surface area contributed by atoms with Crippen LogP contribution in [0, 0.1) is 13.8 Å². The van der Waals surface area contributed by atoms with Gasteiger partial charge in [-0.1, -0.05) is 6.92 Å². The van der Waals surface area contributed by atoms with E-state index in [0.717, 1.165) is 23.4 Å². The molecule has 0 saturated heterocycles. The first-order chi connectivity index (χ1) is 8.95. The van der Waals surface area contributed by atoms with E-state index in [4.69, 9.17) is 0 Å². The molecule has 0 spiro atoms. The van der Waals surface area contributed by atoms with Crippen LogP contribution in [-0.2, 0) is 18.3 Å². The van der Waals surface area contributed by atoms with Crippen LogP contribution < -0.4 is 5.32 Å². The van der Waals surface area contributed by atoms with Gasteiger partial charge in [0.25, 0.3) is 0 Å². The predicted octanol–water partition coefficient (Wildman–Crippen LogP) is 1.25. The summed E-state index contributed by atoms with van der Waals surface area (Å²) in [5.41, 5.74) is 3.27. The summed E-state index contributed by atoms with van der Waals surface area (Å²) in [6.07, 6.45) is 2.21. The van der Waals surface area contributed by atoms with E-state index in [1.807, 2.05) is 32.5 Å². The maximum atomic E-state index is 11.7. The molecule has 1 heterocycles. The summed E-state index contributed by atoms with van der Waals surface area (Å²) >= 11 is 0. The Bertz CT molecular complexity index is 427. The van der Waals surface area contributed by atoms with Gasteiger partial charge in [0.2, 0.25) is 5.91 Å². The second-order valence-electron chi connectivity index (χ2n) is 4.97. The van der Waals surface area contributed by atoms with Gasteiger partial charge >= 0.3 is 0 Å². The van der Waals surface area contributed by atoms with Crippen LogP contribution in [0.25, 0.3) is 0 Å². The predicted molar refractivity (Wildman–Crippen MR) is 74.9 cm³/mol. The zero-order valence-corrected chi connectivity index (χ0v) is 12.4. The Kier molecular flexibility index (Phi) is 6.02. The van der Waals surface area contributed by atoms with Gasteiger partial charge in [-0.05, 0) is 38.7 Å². The van der Waals surface area contributed by atoms with Crippen molar-refractivity contribution in [2.75, 3.05) is 6.54 Å². The first-order valence-electron chi connectivity index (χ1n) is 6.89. The largest absolute Gasteiger partial charge is 0.393 e. The van der Waals surface area contributed by atoms with Crippen molar-refractivity contribution in [2.24, 2.45) is 7.05 Å². The van der Waals surface area contributed by atoms with Gasteiger partial charge in [-0.3, -0.25) is 9.48 Å². The summed E-state index contributed by atoms with van der Waals surface area (Å²) in [5.74, 6) is 0.0333. The Labute approximate surface area is 115 Å². The van der Waals surface area contributed by atoms with Crippen molar-refractivity contribution in [3.63, 3.8) is 0 Å². The molecule has 1 aromatic rings. The highest BCUT2D eigenvalue weighted by Crippen LogP contribution is 2.13. The average Bonchev–Trinajstić information content (AvgIpc) is 2.61. The van der Waals surface area contributed by atoms with Gasteiger partial charge in [0, 0.05) is 25.7 Å². The highest BCUT2D eigenvalue weighted by Gasteiger charge is 2.11. The van der Waals surface area contributed by atoms with Crippen LogP contribution in [0.2, 0.25) is 0 Å². The molecule has 1 atom stereocenters. The van der Waals surface area contributed by atoms with E-state index in [1.54, 1.807) is 0 Å². The van der Waals surface area contributed by atoms with Crippen molar-refractivity contribution in [2.45, 2.75) is 52.6 Å². The van der Waals surface area contributed by atoms with Crippen molar-refractivity contribution >= 4 is 5.91 Å². The van der Waals surface area contributed by atoms with Crippen LogP contribution in [0.4, 0.5) is 0 Å². The van der Waals surface area contributed by atoms with E-state index < -0.39 is 0 Å². The molecule has 0 aliphatic carbocycles. The second-order valence-corrected chi connectivity index (χ2v) is 4.97. The van der Waals surface area contributed by atoms with Crippen LogP contribution >= 0.6 is 0 Å². The normalized spacial score (nSPS) is 12.5. The summed E-state index contributed by atoms with van der Waals surface area (Å²) < 4.78 is 1.85. The van der Waals surface area contributed by atoms with Gasteiger partial charge in [0.1, 0.15) is 0 Å². The average molecular weight is 267 g/mol. The molecular formula is C14H25N3O2. The molecule has 0 aromatic carbocycles. The minimum atomic E-state index is -0.317. The van der Waals surface area contributed by atoms with Crippen molar-refractivity contribution in [3.05, 3.63) is 17.0 Å². The quantitative estimate of drug-likeness (QED) is 0.781. The lowest BCUT2D eigenvalue weighted by atomic mass is 10.1. The summed E-state index contributed by atoms with van der Waals surface area (Å²) in [5, 5.41) is 16.6. The summed E-state index contributed by atoms with van der Waals surface area (Å²) in [4.78, 5) is 11.7. The third kappa shape index (κ3) is 4.67. The van der Waals surface area contributed by atoms with E-state index in [9.17, 15) is 9.90 Å². The highest BCUT2D eigenvalue weighted by molar-refractivity contribution is 5.76. The SMILES string of the molecule is CCC(O)CCNC(=O)CCc1c(C)nn(C)c1C. The van der Waals surface area contributed by atoms with Crippen LogP contribution in [0.3, 0.4) is 0 Å². The Morgan fingerprint density at radius 1 is 1.47 bits per heavy atom. The minimum absolute atomic E-state index is 0.0333. The van der Waals surface area contributed by atoms with Gasteiger partial charge in [-0.15, -0.1) is 0 Å². The summed E-state index contributed by atoms with van der Waals surface area (Å²) in [7, 11) is 1.91. The molecule has 1 aromatic heterocycles. The topological polar surface area (TPSA) is 67.2 Å². The van der Waals surface area contributed by atoms with Gasteiger partial charge < -0.3 is 10.4 Å². The Morgan fingerprint density at radius 2 is 2.16 bits per heavy atom. The lowest BCUT2D eigenvalue weighted by Crippen LogP contribution is -2.27. The maximum Gasteiger partial charge on any atom is 0.220 e. The molecule has 0 radical (unpaired) electrons. The number of hydrogen-bond donors (Lipinski definition) is 2. The standard InChI is InChI=1S/C14H25N3O2/c1-5-12(18)8-9-15-14(19)7-6-13-10(2)16-17(4)11(13)3/h12,18H,5-9H2,1-4H3,(H,15,19). The third-order valence-corrected chi connectivity index (χ3v) is 3.53. The molecule has 2 N–H and O–H groups in total. The second kappa shape index (κ2) is 7.28. The van der Waals surface area contributed by atoms with Crippen LogP contribution in [-0.4, -0.2) is 33.4 Å². The number of nitrogens with zero attached hydrogens (tertiary/aromatic N) is 2. The fraction of sp³-hybridized carbons (Fsp3) is 0.714. The molecule has 5 heteroatoms. The van der Waals surface area contributed by atoms with Crippen molar-refractivity contribution < 1.29 is 9.90 Å². The summed E-state index contributed by atoms with van der Waals surface area (Å²) in [6.45, 7) is 6.46. The lowest BCUT2D eigenvalue weighted by Gasteiger charge is -2.09. The van der Waals surface area contributed by atoms with Gasteiger partial charge in [0.05, 0.1) is 11.8 Å². The fourth-order valence-corrected chi connectivity index (χ4v) is 2.09. The molecule has 108 valence electrons.